The Morgan fingerprint density at radius 2 is 1.76 bits per heavy atom. The van der Waals surface area contributed by atoms with E-state index in [0.717, 1.165) is 50.7 Å². The SMILES string of the molecule is COc1ccc(/C=N\OCc2nc3c4c(C)c(C)n(-c5ccccc5OC)c4ncn3n2)cc1. The molecule has 5 rings (SSSR count). The summed E-state index contributed by atoms with van der Waals surface area (Å²) in [6, 6.07) is 15.4. The molecule has 34 heavy (non-hydrogen) atoms. The Kier molecular flexibility index (Phi) is 5.59. The molecule has 0 spiro atoms. The fraction of sp³-hybridized carbons (Fsp3) is 0.200. The molecule has 0 fully saturated rings. The summed E-state index contributed by atoms with van der Waals surface area (Å²) in [5.74, 6) is 2.08. The van der Waals surface area contributed by atoms with Crippen LogP contribution in [-0.2, 0) is 11.4 Å². The predicted octanol–water partition coefficient (Wildman–Crippen LogP) is 4.25. The van der Waals surface area contributed by atoms with Crippen LogP contribution < -0.4 is 9.47 Å². The average molecular weight is 457 g/mol. The first-order valence-corrected chi connectivity index (χ1v) is 10.8. The maximum absolute atomic E-state index is 5.58. The summed E-state index contributed by atoms with van der Waals surface area (Å²) in [7, 11) is 3.30. The Morgan fingerprint density at radius 3 is 2.53 bits per heavy atom. The summed E-state index contributed by atoms with van der Waals surface area (Å²) in [4.78, 5) is 14.8. The highest BCUT2D eigenvalue weighted by Crippen LogP contribution is 2.33. The summed E-state index contributed by atoms with van der Waals surface area (Å²) in [6.45, 7) is 4.27. The molecule has 0 aliphatic carbocycles. The first kappa shape index (κ1) is 21.4. The van der Waals surface area contributed by atoms with Gasteiger partial charge < -0.3 is 14.3 Å². The standard InChI is InChI=1S/C25H24N6O3/c1-16-17(2)31(20-7-5-6-8-21(20)33-4)24-23(16)25-28-22(29-30(25)15-26-24)14-34-27-13-18-9-11-19(32-3)12-10-18/h5-13,15H,14H2,1-4H3/b27-13-. The van der Waals surface area contributed by atoms with Gasteiger partial charge in [-0.2, -0.15) is 0 Å². The van der Waals surface area contributed by atoms with Crippen molar-refractivity contribution in [3.05, 3.63) is 77.5 Å². The van der Waals surface area contributed by atoms with Crippen molar-refractivity contribution in [2.24, 2.45) is 5.16 Å². The molecule has 9 nitrogen and oxygen atoms in total. The molecule has 0 unspecified atom stereocenters. The van der Waals surface area contributed by atoms with Crippen molar-refractivity contribution in [3.8, 4) is 17.2 Å². The Hall–Kier alpha value is -4.40. The summed E-state index contributed by atoms with van der Waals surface area (Å²) in [6.07, 6.45) is 3.30. The molecule has 5 aromatic rings. The van der Waals surface area contributed by atoms with Gasteiger partial charge in [0.2, 0.25) is 0 Å². The predicted molar refractivity (Wildman–Crippen MR) is 129 cm³/mol. The number of benzene rings is 2. The van der Waals surface area contributed by atoms with Crippen molar-refractivity contribution in [3.63, 3.8) is 0 Å². The second kappa shape index (κ2) is 8.86. The fourth-order valence-electron chi connectivity index (χ4n) is 3.96. The summed E-state index contributed by atoms with van der Waals surface area (Å²) in [5.41, 5.74) is 5.48. The third-order valence-electron chi connectivity index (χ3n) is 5.79. The minimum atomic E-state index is 0.140. The number of methoxy groups -OCH3 is 2. The number of oxime groups is 1. The molecule has 0 atom stereocenters. The number of rotatable bonds is 7. The van der Waals surface area contributed by atoms with E-state index in [1.807, 2.05) is 48.5 Å². The lowest BCUT2D eigenvalue weighted by atomic mass is 10.2. The zero-order chi connectivity index (χ0) is 23.7. The molecule has 172 valence electrons. The molecule has 0 N–H and O–H groups in total. The van der Waals surface area contributed by atoms with E-state index < -0.39 is 0 Å². The Balaban J connectivity index is 1.45. The van der Waals surface area contributed by atoms with E-state index in [-0.39, 0.29) is 6.61 Å². The number of hydrogen-bond donors (Lipinski definition) is 0. The normalized spacial score (nSPS) is 11.5. The molecule has 3 heterocycles. The molecule has 0 amide bonds. The first-order chi connectivity index (χ1) is 16.6. The molecule has 3 aromatic heterocycles. The number of fused-ring (bicyclic) bond motifs is 3. The molecule has 0 saturated carbocycles. The van der Waals surface area contributed by atoms with E-state index in [4.69, 9.17) is 24.3 Å². The van der Waals surface area contributed by atoms with Crippen molar-refractivity contribution < 1.29 is 14.3 Å². The van der Waals surface area contributed by atoms with Crippen LogP contribution >= 0.6 is 0 Å². The van der Waals surface area contributed by atoms with Gasteiger partial charge in [-0.05, 0) is 61.4 Å². The van der Waals surface area contributed by atoms with Gasteiger partial charge in [0.25, 0.3) is 0 Å². The van der Waals surface area contributed by atoms with Crippen molar-refractivity contribution in [1.82, 2.24) is 24.1 Å². The zero-order valence-electron chi connectivity index (χ0n) is 19.4. The lowest BCUT2D eigenvalue weighted by molar-refractivity contribution is 0.126. The minimum absolute atomic E-state index is 0.140. The number of nitrogens with zero attached hydrogens (tertiary/aromatic N) is 6. The number of aryl methyl sites for hydroxylation is 1. The highest BCUT2D eigenvalue weighted by atomic mass is 16.6. The Labute approximate surface area is 196 Å². The molecule has 2 aromatic carbocycles. The number of hydrogen-bond acceptors (Lipinski definition) is 7. The van der Waals surface area contributed by atoms with Crippen LogP contribution in [0.5, 0.6) is 11.5 Å². The number of aromatic nitrogens is 5. The van der Waals surface area contributed by atoms with E-state index in [0.29, 0.717) is 5.82 Å². The van der Waals surface area contributed by atoms with E-state index in [1.165, 1.54) is 0 Å². The van der Waals surface area contributed by atoms with Crippen molar-refractivity contribution in [2.45, 2.75) is 20.5 Å². The maximum atomic E-state index is 5.58. The van der Waals surface area contributed by atoms with Gasteiger partial charge in [-0.15, -0.1) is 5.10 Å². The molecule has 0 radical (unpaired) electrons. The second-order valence-electron chi connectivity index (χ2n) is 7.74. The summed E-state index contributed by atoms with van der Waals surface area (Å²) in [5, 5.41) is 9.48. The van der Waals surface area contributed by atoms with E-state index >= 15 is 0 Å². The van der Waals surface area contributed by atoms with Crippen LogP contribution in [0.1, 0.15) is 22.6 Å². The zero-order valence-corrected chi connectivity index (χ0v) is 19.4. The van der Waals surface area contributed by atoms with E-state index in [1.54, 1.807) is 31.3 Å². The van der Waals surface area contributed by atoms with Crippen LogP contribution in [0.4, 0.5) is 0 Å². The lowest BCUT2D eigenvalue weighted by Gasteiger charge is -2.12. The highest BCUT2D eigenvalue weighted by molar-refractivity contribution is 5.95. The maximum Gasteiger partial charge on any atom is 0.192 e. The van der Waals surface area contributed by atoms with Crippen molar-refractivity contribution >= 4 is 22.9 Å². The summed E-state index contributed by atoms with van der Waals surface area (Å²) < 4.78 is 14.5. The number of ether oxygens (including phenoxy) is 2. The van der Waals surface area contributed by atoms with Crippen LogP contribution in [0.15, 0.2) is 60.0 Å². The Bertz CT molecular complexity index is 1500. The lowest BCUT2D eigenvalue weighted by Crippen LogP contribution is -2.01. The largest absolute Gasteiger partial charge is 0.497 e. The number of para-hydroxylation sites is 2. The van der Waals surface area contributed by atoms with Crippen LogP contribution in [0.2, 0.25) is 0 Å². The van der Waals surface area contributed by atoms with Gasteiger partial charge in [0.1, 0.15) is 17.8 Å². The Morgan fingerprint density at radius 1 is 0.971 bits per heavy atom. The molecule has 0 aliphatic rings. The molecule has 0 bridgehead atoms. The molecule has 0 saturated heterocycles. The third kappa shape index (κ3) is 3.71. The van der Waals surface area contributed by atoms with E-state index in [9.17, 15) is 0 Å². The van der Waals surface area contributed by atoms with Crippen LogP contribution in [0.25, 0.3) is 22.4 Å². The first-order valence-electron chi connectivity index (χ1n) is 10.8. The van der Waals surface area contributed by atoms with Gasteiger partial charge in [0.05, 0.1) is 31.5 Å². The van der Waals surface area contributed by atoms with Gasteiger partial charge in [-0.1, -0.05) is 17.3 Å². The molecular formula is C25H24N6O3. The van der Waals surface area contributed by atoms with Gasteiger partial charge in [-0.25, -0.2) is 14.5 Å². The van der Waals surface area contributed by atoms with Crippen molar-refractivity contribution in [2.75, 3.05) is 14.2 Å². The summed E-state index contributed by atoms with van der Waals surface area (Å²) >= 11 is 0. The fourth-order valence-corrected chi connectivity index (χ4v) is 3.96. The molecule has 9 heteroatoms. The van der Waals surface area contributed by atoms with Gasteiger partial charge in [0, 0.05) is 5.69 Å². The van der Waals surface area contributed by atoms with Crippen molar-refractivity contribution in [1.29, 1.82) is 0 Å². The van der Waals surface area contributed by atoms with Crippen LogP contribution in [0, 0.1) is 13.8 Å². The smallest absolute Gasteiger partial charge is 0.192 e. The van der Waals surface area contributed by atoms with Gasteiger partial charge in [0.15, 0.2) is 23.7 Å². The topological polar surface area (TPSA) is 88.1 Å². The van der Waals surface area contributed by atoms with E-state index in [2.05, 4.69) is 28.7 Å². The molecule has 0 aliphatic heterocycles. The monoisotopic (exact) mass is 456 g/mol. The van der Waals surface area contributed by atoms with Gasteiger partial charge in [-0.3, -0.25) is 4.57 Å². The second-order valence-corrected chi connectivity index (χ2v) is 7.74. The minimum Gasteiger partial charge on any atom is -0.497 e. The van der Waals surface area contributed by atoms with Crippen LogP contribution in [-0.4, -0.2) is 44.6 Å². The highest BCUT2D eigenvalue weighted by Gasteiger charge is 2.20. The van der Waals surface area contributed by atoms with Gasteiger partial charge >= 0.3 is 0 Å². The molecular weight excluding hydrogens is 432 g/mol. The average Bonchev–Trinajstić information content (AvgIpc) is 3.40. The quantitative estimate of drug-likeness (QED) is 0.269. The third-order valence-corrected chi connectivity index (χ3v) is 5.79. The van der Waals surface area contributed by atoms with Crippen LogP contribution in [0.3, 0.4) is 0 Å².